The van der Waals surface area contributed by atoms with Gasteiger partial charge in [0.2, 0.25) is 10.0 Å². The van der Waals surface area contributed by atoms with Crippen molar-refractivity contribution in [3.63, 3.8) is 0 Å². The minimum Gasteiger partial charge on any atom is -0.465 e. The van der Waals surface area contributed by atoms with Crippen LogP contribution in [-0.4, -0.2) is 32.3 Å². The monoisotopic (exact) mass is 303 g/mol. The highest BCUT2D eigenvalue weighted by Crippen LogP contribution is 2.29. The molecule has 1 fully saturated rings. The summed E-state index contributed by atoms with van der Waals surface area (Å²) in [5.74, 6) is 0.742. The molecule has 0 saturated heterocycles. The molecule has 1 heterocycles. The quantitative estimate of drug-likeness (QED) is 0.825. The first kappa shape index (κ1) is 15.5. The Bertz CT molecular complexity index is 572. The molecule has 0 radical (unpaired) electrons. The van der Waals surface area contributed by atoms with Crippen molar-refractivity contribution in [2.24, 2.45) is 0 Å². The molecule has 1 saturated carbocycles. The number of hydrogen-bond donors (Lipinski definition) is 2. The Morgan fingerprint density at radius 3 is 2.55 bits per heavy atom. The highest BCUT2D eigenvalue weighted by Gasteiger charge is 2.35. The molecule has 0 atom stereocenters. The number of sulfonamides is 1. The molecule has 1 aromatic heterocycles. The van der Waals surface area contributed by atoms with E-state index < -0.39 is 10.0 Å². The van der Waals surface area contributed by atoms with Crippen LogP contribution in [0.25, 0.3) is 0 Å². The summed E-state index contributed by atoms with van der Waals surface area (Å²) in [7, 11) is -3.67. The van der Waals surface area contributed by atoms with Crippen LogP contribution >= 0.6 is 0 Å². The Morgan fingerprint density at radius 2 is 2.00 bits per heavy atom. The molecular weight excluding hydrogens is 282 g/mol. The van der Waals surface area contributed by atoms with Crippen molar-refractivity contribution in [3.05, 3.63) is 17.1 Å². The Hall–Kier alpha value is -0.890. The van der Waals surface area contributed by atoms with E-state index in [4.69, 9.17) is 9.15 Å². The third-order valence-corrected chi connectivity index (χ3v) is 5.29. The Balaban J connectivity index is 2.12. The molecule has 0 spiro atoms. The van der Waals surface area contributed by atoms with Gasteiger partial charge in [-0.1, -0.05) is 0 Å². The molecule has 0 aliphatic heterocycles. The molecule has 1 aromatic rings. The summed E-state index contributed by atoms with van der Waals surface area (Å²) in [6, 6.07) is -0.113. The van der Waals surface area contributed by atoms with Gasteiger partial charge in [0, 0.05) is 18.2 Å². The van der Waals surface area contributed by atoms with Crippen molar-refractivity contribution in [2.75, 3.05) is 6.61 Å². The van der Waals surface area contributed by atoms with Gasteiger partial charge in [-0.25, -0.2) is 13.1 Å². The summed E-state index contributed by atoms with van der Waals surface area (Å²) < 4.78 is 38.1. The summed E-state index contributed by atoms with van der Waals surface area (Å²) in [5.41, 5.74) is 0.329. The molecule has 2 rings (SSSR count). The van der Waals surface area contributed by atoms with E-state index in [1.165, 1.54) is 0 Å². The summed E-state index contributed by atoms with van der Waals surface area (Å²) in [6.07, 6.45) is 1.49. The van der Waals surface area contributed by atoms with Crippen LogP contribution in [0.5, 0.6) is 0 Å². The Morgan fingerprint density at radius 1 is 1.35 bits per heavy atom. The predicted molar refractivity (Wildman–Crippen MR) is 72.9 cm³/mol. The van der Waals surface area contributed by atoms with Gasteiger partial charge in [0.05, 0.1) is 12.7 Å². The van der Waals surface area contributed by atoms with E-state index in [0.29, 0.717) is 36.5 Å². The van der Waals surface area contributed by atoms with Crippen molar-refractivity contribution >= 4 is 10.0 Å². The topological polar surface area (TPSA) is 88.8 Å². The lowest BCUT2D eigenvalue weighted by atomic mass is 9.90. The number of aryl methyl sites for hydroxylation is 2. The van der Waals surface area contributed by atoms with Gasteiger partial charge >= 0.3 is 0 Å². The minimum atomic E-state index is -3.67. The molecule has 2 N–H and O–H groups in total. The Labute approximate surface area is 119 Å². The standard InChI is InChI=1S/C13H21NO5S/c1-4-18-11-5-10(6-11)14-20(16,17)13-9(3)19-8(2)12(13)7-15/h10-11,14-15H,4-7H2,1-3H3. The van der Waals surface area contributed by atoms with E-state index in [1.807, 2.05) is 6.92 Å². The zero-order valence-corrected chi connectivity index (χ0v) is 12.8. The summed E-state index contributed by atoms with van der Waals surface area (Å²) in [5, 5.41) is 9.32. The molecule has 0 bridgehead atoms. The fraction of sp³-hybridized carbons (Fsp3) is 0.692. The fourth-order valence-corrected chi connectivity index (χ4v) is 4.26. The van der Waals surface area contributed by atoms with Crippen LogP contribution in [0.2, 0.25) is 0 Å². The van der Waals surface area contributed by atoms with Crippen molar-refractivity contribution in [3.8, 4) is 0 Å². The second kappa shape index (κ2) is 5.85. The smallest absolute Gasteiger partial charge is 0.244 e. The van der Waals surface area contributed by atoms with Crippen molar-refractivity contribution < 1.29 is 22.7 Å². The number of ether oxygens (including phenoxy) is 1. The lowest BCUT2D eigenvalue weighted by Gasteiger charge is -2.35. The highest BCUT2D eigenvalue weighted by molar-refractivity contribution is 7.89. The third kappa shape index (κ3) is 2.90. The Kier molecular flexibility index (Phi) is 4.53. The first-order valence-corrected chi connectivity index (χ1v) is 8.21. The van der Waals surface area contributed by atoms with E-state index in [0.717, 1.165) is 0 Å². The van der Waals surface area contributed by atoms with Crippen LogP contribution in [0.15, 0.2) is 9.31 Å². The van der Waals surface area contributed by atoms with Gasteiger partial charge in [-0.3, -0.25) is 0 Å². The molecule has 0 amide bonds. The number of aliphatic hydroxyl groups excluding tert-OH is 1. The largest absolute Gasteiger partial charge is 0.465 e. The lowest BCUT2D eigenvalue weighted by molar-refractivity contribution is -0.00476. The first-order valence-electron chi connectivity index (χ1n) is 6.72. The molecule has 1 aliphatic carbocycles. The zero-order valence-electron chi connectivity index (χ0n) is 12.0. The molecule has 20 heavy (non-hydrogen) atoms. The molecule has 0 aromatic carbocycles. The average Bonchev–Trinajstić information content (AvgIpc) is 2.61. The minimum absolute atomic E-state index is 0.0670. The van der Waals surface area contributed by atoms with Crippen LogP contribution in [0.3, 0.4) is 0 Å². The van der Waals surface area contributed by atoms with E-state index >= 15 is 0 Å². The van der Waals surface area contributed by atoms with Crippen LogP contribution in [0.1, 0.15) is 36.8 Å². The molecule has 7 heteroatoms. The first-order chi connectivity index (χ1) is 9.39. The second-order valence-corrected chi connectivity index (χ2v) is 6.70. The number of hydrogen-bond acceptors (Lipinski definition) is 5. The molecule has 1 aliphatic rings. The molecule has 114 valence electrons. The number of furan rings is 1. The average molecular weight is 303 g/mol. The molecule has 0 unspecified atom stereocenters. The van der Waals surface area contributed by atoms with Crippen LogP contribution in [-0.2, 0) is 21.4 Å². The second-order valence-electron chi connectivity index (χ2n) is 5.05. The number of rotatable bonds is 6. The van der Waals surface area contributed by atoms with Gasteiger partial charge in [0.1, 0.15) is 16.4 Å². The predicted octanol–water partition coefficient (Wildman–Crippen LogP) is 1.23. The van der Waals surface area contributed by atoms with Crippen molar-refractivity contribution in [2.45, 2.75) is 57.3 Å². The van der Waals surface area contributed by atoms with Gasteiger partial charge in [-0.05, 0) is 33.6 Å². The van der Waals surface area contributed by atoms with Crippen LogP contribution < -0.4 is 4.72 Å². The maximum absolute atomic E-state index is 12.4. The number of nitrogens with one attached hydrogen (secondary N) is 1. The van der Waals surface area contributed by atoms with Gasteiger partial charge in [-0.2, -0.15) is 0 Å². The highest BCUT2D eigenvalue weighted by atomic mass is 32.2. The van der Waals surface area contributed by atoms with Gasteiger partial charge in [0.25, 0.3) is 0 Å². The SMILES string of the molecule is CCOC1CC(NS(=O)(=O)c2c(C)oc(C)c2CO)C1. The van der Waals surface area contributed by atoms with E-state index in [-0.39, 0.29) is 23.6 Å². The fourth-order valence-electron chi connectivity index (χ4n) is 2.56. The maximum Gasteiger partial charge on any atom is 0.244 e. The van der Waals surface area contributed by atoms with E-state index in [9.17, 15) is 13.5 Å². The maximum atomic E-state index is 12.4. The van der Waals surface area contributed by atoms with Crippen LogP contribution in [0.4, 0.5) is 0 Å². The lowest BCUT2D eigenvalue weighted by Crippen LogP contribution is -2.47. The molecule has 6 nitrogen and oxygen atoms in total. The van der Waals surface area contributed by atoms with Crippen LogP contribution in [0, 0.1) is 13.8 Å². The van der Waals surface area contributed by atoms with Gasteiger partial charge in [-0.15, -0.1) is 0 Å². The summed E-state index contributed by atoms with van der Waals surface area (Å²) in [6.45, 7) is 5.43. The normalized spacial score (nSPS) is 22.8. The van der Waals surface area contributed by atoms with Crippen molar-refractivity contribution in [1.82, 2.24) is 4.72 Å². The molecular formula is C13H21NO5S. The van der Waals surface area contributed by atoms with Crippen molar-refractivity contribution in [1.29, 1.82) is 0 Å². The third-order valence-electron chi connectivity index (χ3n) is 3.57. The zero-order chi connectivity index (χ0) is 14.9. The summed E-state index contributed by atoms with van der Waals surface area (Å²) >= 11 is 0. The van der Waals surface area contributed by atoms with Gasteiger partial charge in [0.15, 0.2) is 0 Å². The van der Waals surface area contributed by atoms with Gasteiger partial charge < -0.3 is 14.3 Å². The summed E-state index contributed by atoms with van der Waals surface area (Å²) in [4.78, 5) is 0.0670. The number of aliphatic hydroxyl groups is 1. The van der Waals surface area contributed by atoms with E-state index in [2.05, 4.69) is 4.72 Å². The van der Waals surface area contributed by atoms with E-state index in [1.54, 1.807) is 13.8 Å².